The van der Waals surface area contributed by atoms with Gasteiger partial charge in [-0.2, -0.15) is 0 Å². The highest BCUT2D eigenvalue weighted by Gasteiger charge is 2.38. The van der Waals surface area contributed by atoms with Crippen molar-refractivity contribution in [2.75, 3.05) is 26.2 Å². The van der Waals surface area contributed by atoms with Gasteiger partial charge in [0, 0.05) is 12.1 Å². The number of nitrogens with one attached hydrogen (secondary N) is 5. The van der Waals surface area contributed by atoms with E-state index in [1.807, 2.05) is 0 Å². The van der Waals surface area contributed by atoms with Crippen molar-refractivity contribution >= 4 is 11.6 Å². The van der Waals surface area contributed by atoms with Crippen LogP contribution in [0, 0.1) is 35.5 Å². The smallest absolute Gasteiger partial charge is 0.139 e. The topological polar surface area (TPSA) is 89.4 Å². The van der Waals surface area contributed by atoms with Gasteiger partial charge in [-0.1, -0.05) is 53.1 Å². The molecular weight excluding hydrogens is 482 g/mol. The lowest BCUT2D eigenvalue weighted by molar-refractivity contribution is 0.0827. The Hall–Kier alpha value is 0.01000. The van der Waals surface area contributed by atoms with Crippen molar-refractivity contribution in [2.45, 2.75) is 123 Å². The first-order chi connectivity index (χ1) is 17.7. The molecule has 0 aromatic carbocycles. The molecule has 0 amide bonds. The van der Waals surface area contributed by atoms with Crippen molar-refractivity contribution in [3.63, 3.8) is 0 Å². The zero-order valence-electron chi connectivity index (χ0n) is 24.7. The molecule has 7 N–H and O–H groups in total. The van der Waals surface area contributed by atoms with Gasteiger partial charge in [-0.3, -0.25) is 26.6 Å². The number of hydrogen-bond donors (Lipinski definition) is 6. The van der Waals surface area contributed by atoms with E-state index in [9.17, 15) is 0 Å². The number of rotatable bonds is 13. The maximum atomic E-state index is 6.55. The summed E-state index contributed by atoms with van der Waals surface area (Å²) in [5.41, 5.74) is 6.15. The molecule has 0 aromatic heterocycles. The van der Waals surface area contributed by atoms with Crippen LogP contribution in [0.25, 0.3) is 0 Å². The van der Waals surface area contributed by atoms with E-state index in [1.54, 1.807) is 0 Å². The van der Waals surface area contributed by atoms with Crippen molar-refractivity contribution in [3.05, 3.63) is 0 Å². The van der Waals surface area contributed by atoms with Crippen LogP contribution in [0.4, 0.5) is 0 Å². The van der Waals surface area contributed by atoms with Gasteiger partial charge in [0.15, 0.2) is 0 Å². The first kappa shape index (κ1) is 31.5. The molecule has 7 unspecified atom stereocenters. The molecule has 3 fully saturated rings. The van der Waals surface area contributed by atoms with Crippen LogP contribution in [0.2, 0.25) is 0 Å². The van der Waals surface area contributed by atoms with Crippen LogP contribution in [-0.4, -0.2) is 61.4 Å². The first-order valence-corrected chi connectivity index (χ1v) is 16.0. The molecular formula is C29H60ClN7. The Kier molecular flexibility index (Phi) is 13.4. The van der Waals surface area contributed by atoms with Crippen molar-refractivity contribution in [3.8, 4) is 0 Å². The van der Waals surface area contributed by atoms with Gasteiger partial charge in [0.2, 0.25) is 0 Å². The van der Waals surface area contributed by atoms with Crippen molar-refractivity contribution in [1.82, 2.24) is 31.5 Å². The summed E-state index contributed by atoms with van der Waals surface area (Å²) in [7, 11) is 0. The quantitative estimate of drug-likeness (QED) is 0.119. The molecule has 37 heavy (non-hydrogen) atoms. The van der Waals surface area contributed by atoms with E-state index in [-0.39, 0.29) is 18.2 Å². The average molecular weight is 542 g/mol. The summed E-state index contributed by atoms with van der Waals surface area (Å²) in [6.07, 6.45) is 10.2. The maximum Gasteiger partial charge on any atom is 0.139 e. The molecule has 218 valence electrons. The Morgan fingerprint density at radius 3 is 1.89 bits per heavy atom. The monoisotopic (exact) mass is 541 g/mol. The van der Waals surface area contributed by atoms with Crippen molar-refractivity contribution in [1.29, 1.82) is 0 Å². The largest absolute Gasteiger partial charge is 0.327 e. The number of halogens is 1. The SMILES string of the molecule is CCCN(CCC)CCCNC1NC(Cl)NC(NC2C(C)CC(CC3CC(C)C(N)C(C)C3)CC2C)N1. The second kappa shape index (κ2) is 15.7. The predicted octanol–water partition coefficient (Wildman–Crippen LogP) is 4.00. The van der Waals surface area contributed by atoms with Crippen LogP contribution < -0.4 is 32.3 Å². The fourth-order valence-corrected chi connectivity index (χ4v) is 7.99. The molecule has 0 aromatic rings. The Morgan fingerprint density at radius 1 is 0.784 bits per heavy atom. The number of nitrogens with zero attached hydrogens (tertiary/aromatic N) is 1. The minimum Gasteiger partial charge on any atom is -0.327 e. The lowest BCUT2D eigenvalue weighted by atomic mass is 9.66. The van der Waals surface area contributed by atoms with Gasteiger partial charge in [0.1, 0.15) is 18.2 Å². The van der Waals surface area contributed by atoms with Crippen LogP contribution in [0.15, 0.2) is 0 Å². The lowest BCUT2D eigenvalue weighted by Gasteiger charge is -2.46. The van der Waals surface area contributed by atoms with Crippen molar-refractivity contribution in [2.24, 2.45) is 41.2 Å². The van der Waals surface area contributed by atoms with Crippen LogP contribution in [0.3, 0.4) is 0 Å². The molecule has 7 nitrogen and oxygen atoms in total. The van der Waals surface area contributed by atoms with Crippen LogP contribution in [-0.2, 0) is 0 Å². The first-order valence-electron chi connectivity index (χ1n) is 15.6. The highest BCUT2D eigenvalue weighted by molar-refractivity contribution is 6.20. The molecule has 2 saturated carbocycles. The second-order valence-electron chi connectivity index (χ2n) is 13.0. The van der Waals surface area contributed by atoms with E-state index in [2.05, 4.69) is 73.0 Å². The van der Waals surface area contributed by atoms with E-state index in [0.29, 0.717) is 35.8 Å². The van der Waals surface area contributed by atoms with E-state index < -0.39 is 0 Å². The fraction of sp³-hybridized carbons (Fsp3) is 1.00. The fourth-order valence-electron chi connectivity index (χ4n) is 7.74. The molecule has 0 spiro atoms. The third-order valence-electron chi connectivity index (χ3n) is 9.43. The van der Waals surface area contributed by atoms with E-state index in [0.717, 1.165) is 31.3 Å². The summed E-state index contributed by atoms with van der Waals surface area (Å²) >= 11 is 6.55. The van der Waals surface area contributed by atoms with Gasteiger partial charge in [-0.15, -0.1) is 0 Å². The highest BCUT2D eigenvalue weighted by atomic mass is 35.5. The van der Waals surface area contributed by atoms with Gasteiger partial charge in [-0.25, -0.2) is 0 Å². The standard InChI is InChI=1S/C29H60ClN7/c1-7-11-37(12-8-2)13-9-10-32-28-34-27(30)35-29(36-28)33-26-21(5)16-24(17-22(26)6)18-23-14-19(3)25(31)20(4)15-23/h19-29,32-36H,7-18,31H2,1-6H3. The Morgan fingerprint density at radius 2 is 1.32 bits per heavy atom. The molecule has 3 aliphatic rings. The highest BCUT2D eigenvalue weighted by Crippen LogP contribution is 2.41. The third kappa shape index (κ3) is 9.86. The Bertz CT molecular complexity index is 609. The molecule has 8 heteroatoms. The third-order valence-corrected chi connectivity index (χ3v) is 9.68. The molecule has 1 aliphatic heterocycles. The summed E-state index contributed by atoms with van der Waals surface area (Å²) in [4.78, 5) is 2.57. The Balaban J connectivity index is 1.42. The normalized spacial score (nSPS) is 41.3. The molecule has 1 saturated heterocycles. The summed E-state index contributed by atoms with van der Waals surface area (Å²) in [6.45, 7) is 18.6. The van der Waals surface area contributed by atoms with Crippen LogP contribution in [0.1, 0.15) is 92.9 Å². The molecule has 1 heterocycles. The zero-order valence-corrected chi connectivity index (χ0v) is 25.5. The van der Waals surface area contributed by atoms with Gasteiger partial charge in [-0.05, 0) is 113 Å². The predicted molar refractivity (Wildman–Crippen MR) is 158 cm³/mol. The molecule has 0 bridgehead atoms. The van der Waals surface area contributed by atoms with Gasteiger partial charge in [0.05, 0.1) is 0 Å². The number of nitrogens with two attached hydrogens (primary N) is 1. The molecule has 2 aliphatic carbocycles. The second-order valence-corrected chi connectivity index (χ2v) is 13.4. The minimum absolute atomic E-state index is 0.00402. The molecule has 0 radical (unpaired) electrons. The van der Waals surface area contributed by atoms with Crippen LogP contribution in [0.5, 0.6) is 0 Å². The molecule has 7 atom stereocenters. The van der Waals surface area contributed by atoms with E-state index in [4.69, 9.17) is 17.3 Å². The van der Waals surface area contributed by atoms with Crippen LogP contribution >= 0.6 is 11.6 Å². The lowest BCUT2D eigenvalue weighted by Crippen LogP contribution is -2.74. The number of hydrogen-bond acceptors (Lipinski definition) is 7. The number of alkyl halides is 1. The summed E-state index contributed by atoms with van der Waals surface area (Å²) in [5, 5.41) is 18.0. The van der Waals surface area contributed by atoms with Crippen molar-refractivity contribution < 1.29 is 0 Å². The van der Waals surface area contributed by atoms with E-state index >= 15 is 0 Å². The summed E-state index contributed by atoms with van der Waals surface area (Å²) < 4.78 is 0. The zero-order chi connectivity index (χ0) is 26.9. The Labute approximate surface area is 233 Å². The van der Waals surface area contributed by atoms with Gasteiger partial charge in [0.25, 0.3) is 0 Å². The average Bonchev–Trinajstić information content (AvgIpc) is 2.82. The summed E-state index contributed by atoms with van der Waals surface area (Å²) in [6, 6.07) is 0.873. The maximum absolute atomic E-state index is 6.55. The minimum atomic E-state index is -0.267. The van der Waals surface area contributed by atoms with E-state index in [1.165, 1.54) is 58.0 Å². The van der Waals surface area contributed by atoms with Gasteiger partial charge < -0.3 is 10.6 Å². The summed E-state index contributed by atoms with van der Waals surface area (Å²) in [5.74, 6) is 4.32. The molecule has 3 rings (SSSR count). The van der Waals surface area contributed by atoms with Gasteiger partial charge >= 0.3 is 0 Å².